The number of fused-ring (bicyclic) bond motifs is 3. The quantitative estimate of drug-likeness (QED) is 0.319. The number of aliphatic hydroxyl groups is 1. The highest BCUT2D eigenvalue weighted by Gasteiger charge is 2.34. The number of aliphatic hydroxyl groups excluding tert-OH is 1. The number of carbonyl (C=O) groups is 1. The van der Waals surface area contributed by atoms with E-state index in [1.165, 1.54) is 6.33 Å². The highest BCUT2D eigenvalue weighted by atomic mass is 16.5. The zero-order valence-corrected chi connectivity index (χ0v) is 17.6. The van der Waals surface area contributed by atoms with Crippen LogP contribution in [0.25, 0.3) is 27.7 Å². The molecule has 8 nitrogen and oxygen atoms in total. The first kappa shape index (κ1) is 20.3. The summed E-state index contributed by atoms with van der Waals surface area (Å²) in [6, 6.07) is 16.9. The van der Waals surface area contributed by atoms with Crippen LogP contribution in [0.15, 0.2) is 79.8 Å². The molecule has 1 atom stereocenters. The van der Waals surface area contributed by atoms with Gasteiger partial charge in [0.25, 0.3) is 0 Å². The highest BCUT2D eigenvalue weighted by Crippen LogP contribution is 2.44. The van der Waals surface area contributed by atoms with Gasteiger partial charge >= 0.3 is 0 Å². The number of aromatic nitrogens is 3. The van der Waals surface area contributed by atoms with E-state index in [1.807, 2.05) is 59.2 Å². The van der Waals surface area contributed by atoms with E-state index < -0.39 is 5.91 Å². The van der Waals surface area contributed by atoms with E-state index in [9.17, 15) is 4.79 Å². The molecule has 2 aromatic carbocycles. The van der Waals surface area contributed by atoms with Crippen molar-refractivity contribution in [1.29, 1.82) is 0 Å². The zero-order valence-electron chi connectivity index (χ0n) is 17.6. The minimum Gasteiger partial charge on any atom is -0.515 e. The Labute approximate surface area is 189 Å². The molecular formula is C25H21N5O3. The number of nitrogen functional groups attached to an aromatic ring is 1. The van der Waals surface area contributed by atoms with Crippen LogP contribution >= 0.6 is 0 Å². The summed E-state index contributed by atoms with van der Waals surface area (Å²) in [6.45, 7) is 4.68. The molecule has 4 N–H and O–H groups in total. The third-order valence-corrected chi connectivity index (χ3v) is 5.62. The topological polar surface area (TPSA) is 115 Å². The van der Waals surface area contributed by atoms with Gasteiger partial charge < -0.3 is 25.5 Å². The molecule has 0 unspecified atom stereocenters. The maximum atomic E-state index is 12.0. The van der Waals surface area contributed by atoms with Gasteiger partial charge in [-0.3, -0.25) is 4.79 Å². The molecule has 33 heavy (non-hydrogen) atoms. The number of rotatable bonds is 5. The van der Waals surface area contributed by atoms with Crippen molar-refractivity contribution in [3.63, 3.8) is 0 Å². The second kappa shape index (κ2) is 8.16. The van der Waals surface area contributed by atoms with Crippen LogP contribution in [0.1, 0.15) is 5.69 Å². The Morgan fingerprint density at radius 3 is 2.61 bits per heavy atom. The smallest absolute Gasteiger partial charge is 0.247 e. The number of amides is 1. The molecule has 1 amide bonds. The molecule has 4 aromatic rings. The molecule has 0 aliphatic carbocycles. The predicted molar refractivity (Wildman–Crippen MR) is 127 cm³/mol. The average Bonchev–Trinajstić information content (AvgIpc) is 3.31. The molecule has 8 heteroatoms. The lowest BCUT2D eigenvalue weighted by atomic mass is 9.97. The lowest BCUT2D eigenvalue weighted by Crippen LogP contribution is -2.34. The Bertz CT molecular complexity index is 1390. The Balaban J connectivity index is 1.56. The van der Waals surface area contributed by atoms with Crippen molar-refractivity contribution < 1.29 is 14.6 Å². The summed E-state index contributed by atoms with van der Waals surface area (Å²) in [5.74, 6) is 1.42. The molecule has 1 aliphatic rings. The fourth-order valence-electron chi connectivity index (χ4n) is 4.18. The minimum absolute atomic E-state index is 0.344. The Kier molecular flexibility index (Phi) is 5.02. The predicted octanol–water partition coefficient (Wildman–Crippen LogP) is 4.06. The third kappa shape index (κ3) is 3.57. The molecule has 3 heterocycles. The molecule has 0 saturated carbocycles. The van der Waals surface area contributed by atoms with Crippen LogP contribution in [-0.2, 0) is 11.3 Å². The normalized spacial score (nSPS) is 15.2. The van der Waals surface area contributed by atoms with Crippen LogP contribution in [0.5, 0.6) is 11.5 Å². The van der Waals surface area contributed by atoms with Gasteiger partial charge in [-0.1, -0.05) is 36.9 Å². The number of anilines is 1. The van der Waals surface area contributed by atoms with Crippen LogP contribution in [0.2, 0.25) is 0 Å². The van der Waals surface area contributed by atoms with E-state index in [-0.39, 0.29) is 6.04 Å². The first-order valence-electron chi connectivity index (χ1n) is 10.3. The van der Waals surface area contributed by atoms with E-state index in [0.717, 1.165) is 39.6 Å². The average molecular weight is 439 g/mol. The van der Waals surface area contributed by atoms with Gasteiger partial charge in [-0.15, -0.1) is 0 Å². The number of benzene rings is 2. The fourth-order valence-corrected chi connectivity index (χ4v) is 4.18. The molecule has 0 radical (unpaired) electrons. The lowest BCUT2D eigenvalue weighted by Gasteiger charge is -2.13. The number of hydrogen-bond donors (Lipinski definition) is 3. The Morgan fingerprint density at radius 1 is 1.15 bits per heavy atom. The molecule has 5 rings (SSSR count). The monoisotopic (exact) mass is 439 g/mol. The van der Waals surface area contributed by atoms with Crippen LogP contribution in [0.3, 0.4) is 0 Å². The molecule has 0 spiro atoms. The molecule has 0 saturated heterocycles. The number of carbonyl (C=O) groups excluding carboxylic acids is 1. The summed E-state index contributed by atoms with van der Waals surface area (Å²) >= 11 is 0. The number of nitrogens with two attached hydrogens (primary N) is 1. The molecule has 0 fully saturated rings. The summed E-state index contributed by atoms with van der Waals surface area (Å²) in [5.41, 5.74) is 10.3. The van der Waals surface area contributed by atoms with Gasteiger partial charge in [0, 0.05) is 18.2 Å². The van der Waals surface area contributed by atoms with Crippen molar-refractivity contribution in [2.45, 2.75) is 12.6 Å². The van der Waals surface area contributed by atoms with E-state index >= 15 is 0 Å². The molecule has 0 bridgehead atoms. The van der Waals surface area contributed by atoms with E-state index in [2.05, 4.69) is 21.9 Å². The fraction of sp³-hybridized carbons (Fsp3) is 0.0800. The largest absolute Gasteiger partial charge is 0.515 e. The number of nitrogens with zero attached hydrogens (tertiary/aromatic N) is 3. The third-order valence-electron chi connectivity index (χ3n) is 5.62. The molecular weight excluding hydrogens is 418 g/mol. The maximum Gasteiger partial charge on any atom is 0.247 e. The van der Waals surface area contributed by atoms with Crippen LogP contribution < -0.4 is 15.8 Å². The van der Waals surface area contributed by atoms with Gasteiger partial charge in [-0.25, -0.2) is 9.97 Å². The summed E-state index contributed by atoms with van der Waals surface area (Å²) < 4.78 is 7.91. The summed E-state index contributed by atoms with van der Waals surface area (Å²) in [4.78, 5) is 20.7. The lowest BCUT2D eigenvalue weighted by molar-refractivity contribution is -0.116. The number of nitrogens with one attached hydrogen (secondary N) is 1. The summed E-state index contributed by atoms with van der Waals surface area (Å²) in [6.07, 6.45) is 3.20. The SMILES string of the molecule is C=C1c2c(-c3ccc(Oc4ccccc4)cc3)c3c(N)ncnc3n2C[C@H]1NC(=O)C=CO. The Morgan fingerprint density at radius 2 is 1.88 bits per heavy atom. The van der Waals surface area contributed by atoms with Gasteiger partial charge in [-0.05, 0) is 35.4 Å². The van der Waals surface area contributed by atoms with Crippen molar-refractivity contribution in [1.82, 2.24) is 19.9 Å². The van der Waals surface area contributed by atoms with Crippen molar-refractivity contribution in [3.8, 4) is 22.6 Å². The number of ether oxygens (including phenoxy) is 1. The number of hydrogen-bond acceptors (Lipinski definition) is 6. The highest BCUT2D eigenvalue weighted by molar-refractivity contribution is 6.07. The van der Waals surface area contributed by atoms with Gasteiger partial charge in [-0.2, -0.15) is 0 Å². The van der Waals surface area contributed by atoms with Crippen LogP contribution in [0.4, 0.5) is 5.82 Å². The van der Waals surface area contributed by atoms with Crippen molar-refractivity contribution in [2.24, 2.45) is 0 Å². The molecule has 2 aromatic heterocycles. The van der Waals surface area contributed by atoms with Crippen LogP contribution in [-0.4, -0.2) is 31.6 Å². The summed E-state index contributed by atoms with van der Waals surface area (Å²) in [7, 11) is 0. The van der Waals surface area contributed by atoms with E-state index in [4.69, 9.17) is 15.6 Å². The van der Waals surface area contributed by atoms with Gasteiger partial charge in [0.2, 0.25) is 5.91 Å². The van der Waals surface area contributed by atoms with E-state index in [1.54, 1.807) is 0 Å². The van der Waals surface area contributed by atoms with Crippen molar-refractivity contribution in [3.05, 3.63) is 85.5 Å². The maximum absolute atomic E-state index is 12.0. The van der Waals surface area contributed by atoms with Crippen LogP contribution in [0, 0.1) is 0 Å². The van der Waals surface area contributed by atoms with Crippen molar-refractivity contribution in [2.75, 3.05) is 5.73 Å². The van der Waals surface area contributed by atoms with Gasteiger partial charge in [0.1, 0.15) is 29.3 Å². The molecule has 164 valence electrons. The van der Waals surface area contributed by atoms with Crippen molar-refractivity contribution >= 4 is 28.3 Å². The summed E-state index contributed by atoms with van der Waals surface area (Å²) in [5, 5.41) is 12.5. The minimum atomic E-state index is -0.406. The second-order valence-electron chi connectivity index (χ2n) is 7.63. The van der Waals surface area contributed by atoms with Gasteiger partial charge in [0.15, 0.2) is 0 Å². The zero-order chi connectivity index (χ0) is 22.9. The molecule has 1 aliphatic heterocycles. The first-order chi connectivity index (χ1) is 16.1. The standard InChI is InChI=1S/C25H21N5O3/c1-15-19(29-20(32)11-12-31)13-30-23(15)21(22-24(26)27-14-28-25(22)30)16-7-9-18(10-8-16)33-17-5-3-2-4-6-17/h2-12,14,19,31H,1,13H2,(H,29,32)(H2,26,27,28)/t19-/m1/s1. The van der Waals surface area contributed by atoms with E-state index in [0.29, 0.717) is 30.0 Å². The second-order valence-corrected chi connectivity index (χ2v) is 7.63. The van der Waals surface area contributed by atoms with Gasteiger partial charge in [0.05, 0.1) is 23.4 Å². The number of para-hydroxylation sites is 1. The first-order valence-corrected chi connectivity index (χ1v) is 10.3. The Hall–Kier alpha value is -4.59.